The van der Waals surface area contributed by atoms with Crippen molar-refractivity contribution in [3.63, 3.8) is 0 Å². The molecule has 1 saturated carbocycles. The van der Waals surface area contributed by atoms with Gasteiger partial charge in [0.2, 0.25) is 5.88 Å². The summed E-state index contributed by atoms with van der Waals surface area (Å²) >= 11 is 0. The van der Waals surface area contributed by atoms with Gasteiger partial charge in [-0.1, -0.05) is 26.2 Å². The molecule has 0 unspecified atom stereocenters. The topological polar surface area (TPSA) is 84.3 Å². The number of benzene rings is 1. The van der Waals surface area contributed by atoms with Crippen LogP contribution in [0.25, 0.3) is 10.8 Å². The van der Waals surface area contributed by atoms with E-state index in [0.29, 0.717) is 18.2 Å². The van der Waals surface area contributed by atoms with E-state index in [0.717, 1.165) is 10.8 Å². The smallest absolute Gasteiger partial charge is 0.278 e. The van der Waals surface area contributed by atoms with Gasteiger partial charge in [-0.25, -0.2) is 9.97 Å². The van der Waals surface area contributed by atoms with Crippen molar-refractivity contribution in [2.45, 2.75) is 39.0 Å². The summed E-state index contributed by atoms with van der Waals surface area (Å²) in [5, 5.41) is 14.4. The highest BCUT2D eigenvalue weighted by atomic mass is 16.5. The molecule has 3 aromatic rings. The highest BCUT2D eigenvalue weighted by Gasteiger charge is 2.28. The predicted octanol–water partition coefficient (Wildman–Crippen LogP) is 4.94. The van der Waals surface area contributed by atoms with Gasteiger partial charge in [0.15, 0.2) is 5.69 Å². The van der Waals surface area contributed by atoms with Gasteiger partial charge in [-0.2, -0.15) is 0 Å². The van der Waals surface area contributed by atoms with E-state index in [1.54, 1.807) is 18.3 Å². The van der Waals surface area contributed by atoms with Crippen molar-refractivity contribution in [2.24, 2.45) is 5.41 Å². The van der Waals surface area contributed by atoms with Crippen LogP contribution in [0.2, 0.25) is 0 Å². The number of aromatic hydroxyl groups is 1. The van der Waals surface area contributed by atoms with Crippen molar-refractivity contribution in [2.75, 3.05) is 11.9 Å². The van der Waals surface area contributed by atoms with Gasteiger partial charge >= 0.3 is 0 Å². The maximum Gasteiger partial charge on any atom is 0.278 e. The van der Waals surface area contributed by atoms with Crippen LogP contribution in [-0.4, -0.2) is 27.6 Å². The second-order valence-corrected chi connectivity index (χ2v) is 8.04. The zero-order valence-corrected chi connectivity index (χ0v) is 16.5. The predicted molar refractivity (Wildman–Crippen MR) is 112 cm³/mol. The van der Waals surface area contributed by atoms with Crippen LogP contribution in [0, 0.1) is 5.41 Å². The molecule has 0 bridgehead atoms. The average molecular weight is 391 g/mol. The molecule has 150 valence electrons. The van der Waals surface area contributed by atoms with E-state index in [1.807, 2.05) is 18.2 Å². The first-order chi connectivity index (χ1) is 14.0. The lowest BCUT2D eigenvalue weighted by atomic mass is 9.76. The fraction of sp³-hybridized carbons (Fsp3) is 0.348. The molecule has 4 rings (SSSR count). The van der Waals surface area contributed by atoms with E-state index in [4.69, 9.17) is 4.74 Å². The van der Waals surface area contributed by atoms with E-state index < -0.39 is 5.91 Å². The summed E-state index contributed by atoms with van der Waals surface area (Å²) in [6.07, 6.45) is 9.40. The Morgan fingerprint density at radius 2 is 1.97 bits per heavy atom. The zero-order valence-electron chi connectivity index (χ0n) is 16.5. The number of rotatable bonds is 5. The van der Waals surface area contributed by atoms with Gasteiger partial charge in [0.05, 0.1) is 6.61 Å². The number of ether oxygens (including phenoxy) is 1. The van der Waals surface area contributed by atoms with Gasteiger partial charge in [0.1, 0.15) is 5.75 Å². The van der Waals surface area contributed by atoms with E-state index in [2.05, 4.69) is 22.2 Å². The molecule has 29 heavy (non-hydrogen) atoms. The van der Waals surface area contributed by atoms with Gasteiger partial charge < -0.3 is 15.2 Å². The van der Waals surface area contributed by atoms with Crippen LogP contribution in [0.4, 0.5) is 5.69 Å². The molecule has 0 radical (unpaired) electrons. The molecule has 1 amide bonds. The summed E-state index contributed by atoms with van der Waals surface area (Å²) in [5.41, 5.74) is 0.816. The molecule has 2 N–H and O–H groups in total. The van der Waals surface area contributed by atoms with E-state index in [9.17, 15) is 9.90 Å². The molecule has 2 heterocycles. The minimum Gasteiger partial charge on any atom is -0.505 e. The quantitative estimate of drug-likeness (QED) is 0.644. The Bertz CT molecular complexity index is 1030. The Morgan fingerprint density at radius 1 is 1.14 bits per heavy atom. The van der Waals surface area contributed by atoms with E-state index in [-0.39, 0.29) is 16.9 Å². The van der Waals surface area contributed by atoms with Gasteiger partial charge in [-0.3, -0.25) is 4.79 Å². The Hall–Kier alpha value is -3.15. The molecular weight excluding hydrogens is 366 g/mol. The number of hydrogen-bond donors (Lipinski definition) is 2. The zero-order chi connectivity index (χ0) is 20.3. The molecule has 0 aliphatic heterocycles. The molecule has 6 heteroatoms. The van der Waals surface area contributed by atoms with Crippen molar-refractivity contribution in [3.05, 3.63) is 54.5 Å². The number of fused-ring (bicyclic) bond motifs is 1. The van der Waals surface area contributed by atoms with Crippen molar-refractivity contribution in [1.29, 1.82) is 0 Å². The first kappa shape index (κ1) is 19.2. The van der Waals surface area contributed by atoms with Gasteiger partial charge in [0.25, 0.3) is 5.91 Å². The Labute approximate surface area is 170 Å². The fourth-order valence-electron chi connectivity index (χ4n) is 3.90. The number of carbonyl (C=O) groups is 1. The molecule has 0 saturated heterocycles. The lowest BCUT2D eigenvalue weighted by Gasteiger charge is -2.33. The van der Waals surface area contributed by atoms with Crippen LogP contribution in [0.1, 0.15) is 49.5 Å². The summed E-state index contributed by atoms with van der Waals surface area (Å²) in [6.45, 7) is 2.95. The summed E-state index contributed by atoms with van der Waals surface area (Å²) in [4.78, 5) is 20.7. The number of carbonyl (C=O) groups excluding carboxylic acids is 1. The highest BCUT2D eigenvalue weighted by molar-refractivity contribution is 6.05. The van der Waals surface area contributed by atoms with Crippen LogP contribution in [0.3, 0.4) is 0 Å². The molecule has 1 aliphatic rings. The Morgan fingerprint density at radius 3 is 2.76 bits per heavy atom. The van der Waals surface area contributed by atoms with Crippen molar-refractivity contribution >= 4 is 22.4 Å². The Balaban J connectivity index is 1.51. The van der Waals surface area contributed by atoms with E-state index >= 15 is 0 Å². The van der Waals surface area contributed by atoms with Crippen LogP contribution in [0.15, 0.2) is 48.8 Å². The molecule has 2 aromatic heterocycles. The summed E-state index contributed by atoms with van der Waals surface area (Å²) in [7, 11) is 0. The number of nitrogens with zero attached hydrogens (tertiary/aromatic N) is 2. The van der Waals surface area contributed by atoms with E-state index in [1.165, 1.54) is 44.4 Å². The number of nitrogens with one attached hydrogen (secondary N) is 1. The molecule has 1 aromatic carbocycles. The molecular formula is C23H25N3O3. The lowest BCUT2D eigenvalue weighted by Crippen LogP contribution is -2.27. The van der Waals surface area contributed by atoms with Crippen molar-refractivity contribution < 1.29 is 14.6 Å². The first-order valence-electron chi connectivity index (χ1n) is 10.0. The third-order valence-corrected chi connectivity index (χ3v) is 5.61. The largest absolute Gasteiger partial charge is 0.505 e. The SMILES string of the molecule is CC1(COc2nccc3cc(NC(=O)c4ncccc4O)ccc23)CCCCC1. The maximum atomic E-state index is 12.4. The third-order valence-electron chi connectivity index (χ3n) is 5.61. The number of aromatic nitrogens is 2. The summed E-state index contributed by atoms with van der Waals surface area (Å²) < 4.78 is 6.13. The molecule has 1 fully saturated rings. The minimum absolute atomic E-state index is 0.00734. The normalized spacial score (nSPS) is 15.8. The van der Waals surface area contributed by atoms with Gasteiger partial charge in [-0.05, 0) is 54.6 Å². The number of anilines is 1. The monoisotopic (exact) mass is 391 g/mol. The second kappa shape index (κ2) is 8.07. The molecule has 6 nitrogen and oxygen atoms in total. The number of hydrogen-bond acceptors (Lipinski definition) is 5. The molecule has 1 aliphatic carbocycles. The number of amides is 1. The van der Waals surface area contributed by atoms with Crippen molar-refractivity contribution in [1.82, 2.24) is 9.97 Å². The van der Waals surface area contributed by atoms with Crippen LogP contribution >= 0.6 is 0 Å². The van der Waals surface area contributed by atoms with Crippen molar-refractivity contribution in [3.8, 4) is 11.6 Å². The standard InChI is InChI=1S/C23H25N3O3/c1-23(10-3-2-4-11-23)15-29-22-18-8-7-17(14-16(18)9-13-25-22)26-21(28)20-19(27)6-5-12-24-20/h5-9,12-14,27H,2-4,10-11,15H2,1H3,(H,26,28). The van der Waals surface area contributed by atoms with Crippen LogP contribution in [-0.2, 0) is 0 Å². The van der Waals surface area contributed by atoms with Gasteiger partial charge in [0, 0.05) is 28.9 Å². The summed E-state index contributed by atoms with van der Waals surface area (Å²) in [6, 6.07) is 10.5. The first-order valence-corrected chi connectivity index (χ1v) is 10.0. The fourth-order valence-corrected chi connectivity index (χ4v) is 3.90. The molecule has 0 spiro atoms. The molecule has 0 atom stereocenters. The minimum atomic E-state index is -0.460. The van der Waals surface area contributed by atoms with Gasteiger partial charge in [-0.15, -0.1) is 0 Å². The van der Waals surface area contributed by atoms with Crippen LogP contribution < -0.4 is 10.1 Å². The highest BCUT2D eigenvalue weighted by Crippen LogP contribution is 2.37. The lowest BCUT2D eigenvalue weighted by molar-refractivity contribution is 0.101. The maximum absolute atomic E-state index is 12.4. The second-order valence-electron chi connectivity index (χ2n) is 8.04. The average Bonchev–Trinajstić information content (AvgIpc) is 2.73. The Kier molecular flexibility index (Phi) is 5.34. The number of pyridine rings is 2. The summed E-state index contributed by atoms with van der Waals surface area (Å²) in [5.74, 6) is 0.00892. The van der Waals surface area contributed by atoms with Crippen LogP contribution in [0.5, 0.6) is 11.6 Å². The third kappa shape index (κ3) is 4.31.